The van der Waals surface area contributed by atoms with Gasteiger partial charge in [-0.25, -0.2) is 0 Å². The van der Waals surface area contributed by atoms with Crippen LogP contribution in [0.1, 0.15) is 24.0 Å². The molecular weight excluding hydrogens is 282 g/mol. The lowest BCUT2D eigenvalue weighted by Crippen LogP contribution is -2.31. The van der Waals surface area contributed by atoms with Crippen LogP contribution in [0.5, 0.6) is 0 Å². The number of nitrogens with two attached hydrogens (primary N) is 1. The highest BCUT2D eigenvalue weighted by molar-refractivity contribution is 5.85. The van der Waals surface area contributed by atoms with Gasteiger partial charge < -0.3 is 10.3 Å². The van der Waals surface area contributed by atoms with Gasteiger partial charge in [0.2, 0.25) is 0 Å². The zero-order valence-corrected chi connectivity index (χ0v) is 13.2. The fourth-order valence-corrected chi connectivity index (χ4v) is 2.94. The predicted molar refractivity (Wildman–Crippen MR) is 90.3 cm³/mol. The first kappa shape index (κ1) is 16.1. The summed E-state index contributed by atoms with van der Waals surface area (Å²) in [6.45, 7) is 4.24. The van der Waals surface area contributed by atoms with Crippen molar-refractivity contribution in [1.82, 2.24) is 9.47 Å². The Morgan fingerprint density at radius 3 is 2.62 bits per heavy atom. The average molecular weight is 306 g/mol. The van der Waals surface area contributed by atoms with Gasteiger partial charge in [-0.3, -0.25) is 4.90 Å². The summed E-state index contributed by atoms with van der Waals surface area (Å²) in [6.07, 6.45) is 7.72. The summed E-state index contributed by atoms with van der Waals surface area (Å²) < 4.78 is 2.17. The largest absolute Gasteiger partial charge is 0.330 e. The first-order valence-corrected chi connectivity index (χ1v) is 7.54. The number of hydrogen-bond acceptors (Lipinski definition) is 2. The summed E-state index contributed by atoms with van der Waals surface area (Å²) in [5.74, 6) is 0. The van der Waals surface area contributed by atoms with E-state index in [1.54, 1.807) is 0 Å². The standard InChI is InChI=1S/C17H23N3.ClH/c18-8-1-2-9-19-12-7-15-5-6-17(13-16(15)14-19)20-10-3-4-11-20;/h3-6,10-11,13H,1-2,7-9,12,14,18H2;1H. The van der Waals surface area contributed by atoms with Crippen molar-refractivity contribution < 1.29 is 0 Å². The fourth-order valence-electron chi connectivity index (χ4n) is 2.94. The number of fused-ring (bicyclic) bond motifs is 1. The first-order valence-electron chi connectivity index (χ1n) is 7.54. The van der Waals surface area contributed by atoms with E-state index in [2.05, 4.69) is 52.2 Å². The minimum atomic E-state index is 0. The maximum absolute atomic E-state index is 5.57. The van der Waals surface area contributed by atoms with Crippen LogP contribution < -0.4 is 5.73 Å². The quantitative estimate of drug-likeness (QED) is 0.862. The van der Waals surface area contributed by atoms with Gasteiger partial charge in [0.05, 0.1) is 0 Å². The molecule has 0 spiro atoms. The van der Waals surface area contributed by atoms with Gasteiger partial charge in [0.15, 0.2) is 0 Å². The van der Waals surface area contributed by atoms with Crippen molar-refractivity contribution in [3.8, 4) is 5.69 Å². The van der Waals surface area contributed by atoms with Crippen LogP contribution in [0.3, 0.4) is 0 Å². The number of benzene rings is 1. The zero-order valence-electron chi connectivity index (χ0n) is 12.4. The summed E-state index contributed by atoms with van der Waals surface area (Å²) in [5, 5.41) is 0. The number of unbranched alkanes of at least 4 members (excludes halogenated alkanes) is 1. The Kier molecular flexibility index (Phi) is 5.85. The molecule has 1 aliphatic heterocycles. The number of halogens is 1. The number of nitrogens with zero attached hydrogens (tertiary/aromatic N) is 2. The van der Waals surface area contributed by atoms with Crippen LogP contribution in [0, 0.1) is 0 Å². The van der Waals surface area contributed by atoms with E-state index in [0.717, 1.165) is 19.5 Å². The van der Waals surface area contributed by atoms with E-state index in [9.17, 15) is 0 Å². The predicted octanol–water partition coefficient (Wildman–Crippen LogP) is 3.00. The van der Waals surface area contributed by atoms with Gasteiger partial charge in [0.25, 0.3) is 0 Å². The Morgan fingerprint density at radius 2 is 1.86 bits per heavy atom. The smallest absolute Gasteiger partial charge is 0.0452 e. The minimum absolute atomic E-state index is 0. The molecule has 0 atom stereocenters. The first-order chi connectivity index (χ1) is 9.86. The maximum Gasteiger partial charge on any atom is 0.0452 e. The van der Waals surface area contributed by atoms with E-state index in [0.29, 0.717) is 0 Å². The average Bonchev–Trinajstić information content (AvgIpc) is 3.01. The minimum Gasteiger partial charge on any atom is -0.330 e. The summed E-state index contributed by atoms with van der Waals surface area (Å²) in [7, 11) is 0. The monoisotopic (exact) mass is 305 g/mol. The third kappa shape index (κ3) is 3.88. The van der Waals surface area contributed by atoms with E-state index in [1.165, 1.54) is 42.7 Å². The number of aromatic nitrogens is 1. The second-order valence-corrected chi connectivity index (χ2v) is 5.57. The van der Waals surface area contributed by atoms with Crippen molar-refractivity contribution in [2.75, 3.05) is 19.6 Å². The zero-order chi connectivity index (χ0) is 13.8. The molecule has 0 aliphatic carbocycles. The molecule has 4 heteroatoms. The van der Waals surface area contributed by atoms with Crippen LogP contribution >= 0.6 is 12.4 Å². The molecule has 0 radical (unpaired) electrons. The molecule has 0 saturated carbocycles. The molecule has 2 aromatic rings. The molecule has 2 heterocycles. The lowest BCUT2D eigenvalue weighted by atomic mass is 9.99. The van der Waals surface area contributed by atoms with Crippen LogP contribution in [0.25, 0.3) is 5.69 Å². The van der Waals surface area contributed by atoms with E-state index in [4.69, 9.17) is 5.73 Å². The molecule has 3 rings (SSSR count). The van der Waals surface area contributed by atoms with Crippen LogP contribution in [-0.4, -0.2) is 29.1 Å². The second-order valence-electron chi connectivity index (χ2n) is 5.57. The Morgan fingerprint density at radius 1 is 1.05 bits per heavy atom. The van der Waals surface area contributed by atoms with Gasteiger partial charge in [0.1, 0.15) is 0 Å². The van der Waals surface area contributed by atoms with Gasteiger partial charge in [-0.05, 0) is 67.7 Å². The fraction of sp³-hybridized carbons (Fsp3) is 0.412. The van der Waals surface area contributed by atoms with E-state index in [1.807, 2.05) is 0 Å². The topological polar surface area (TPSA) is 34.2 Å². The second kappa shape index (κ2) is 7.64. The molecule has 0 fully saturated rings. The summed E-state index contributed by atoms with van der Waals surface area (Å²) in [4.78, 5) is 2.55. The molecule has 1 aromatic carbocycles. The summed E-state index contributed by atoms with van der Waals surface area (Å²) >= 11 is 0. The van der Waals surface area contributed by atoms with Crippen molar-refractivity contribution in [3.63, 3.8) is 0 Å². The third-order valence-corrected chi connectivity index (χ3v) is 4.11. The highest BCUT2D eigenvalue weighted by Crippen LogP contribution is 2.22. The van der Waals surface area contributed by atoms with Gasteiger partial charge in [-0.15, -0.1) is 12.4 Å². The van der Waals surface area contributed by atoms with Crippen LogP contribution in [0.4, 0.5) is 0 Å². The van der Waals surface area contributed by atoms with Crippen molar-refractivity contribution in [2.45, 2.75) is 25.8 Å². The van der Waals surface area contributed by atoms with Gasteiger partial charge in [-0.1, -0.05) is 6.07 Å². The lowest BCUT2D eigenvalue weighted by Gasteiger charge is -2.29. The summed E-state index contributed by atoms with van der Waals surface area (Å²) in [5.41, 5.74) is 9.83. The molecule has 0 bridgehead atoms. The van der Waals surface area contributed by atoms with E-state index < -0.39 is 0 Å². The molecule has 3 nitrogen and oxygen atoms in total. The molecule has 0 unspecified atom stereocenters. The van der Waals surface area contributed by atoms with Crippen molar-refractivity contribution in [3.05, 3.63) is 53.9 Å². The van der Waals surface area contributed by atoms with Crippen molar-refractivity contribution >= 4 is 12.4 Å². The Labute approximate surface area is 133 Å². The van der Waals surface area contributed by atoms with Gasteiger partial charge >= 0.3 is 0 Å². The number of rotatable bonds is 5. The Bertz CT molecular complexity index is 551. The molecule has 21 heavy (non-hydrogen) atoms. The summed E-state index contributed by atoms with van der Waals surface area (Å²) in [6, 6.07) is 11.0. The molecule has 0 saturated heterocycles. The SMILES string of the molecule is Cl.NCCCCN1CCc2ccc(-n3cccc3)cc2C1. The Hall–Kier alpha value is -1.29. The normalized spacial score (nSPS) is 14.5. The van der Waals surface area contributed by atoms with E-state index in [-0.39, 0.29) is 12.4 Å². The Balaban J connectivity index is 0.00000161. The molecule has 0 amide bonds. The molecule has 114 valence electrons. The molecule has 1 aromatic heterocycles. The van der Waals surface area contributed by atoms with Crippen molar-refractivity contribution in [1.29, 1.82) is 0 Å². The van der Waals surface area contributed by atoms with Crippen LogP contribution in [0.15, 0.2) is 42.7 Å². The molecule has 1 aliphatic rings. The lowest BCUT2D eigenvalue weighted by molar-refractivity contribution is 0.249. The highest BCUT2D eigenvalue weighted by atomic mass is 35.5. The maximum atomic E-state index is 5.57. The highest BCUT2D eigenvalue weighted by Gasteiger charge is 2.16. The number of hydrogen-bond donors (Lipinski definition) is 1. The van der Waals surface area contributed by atoms with Crippen molar-refractivity contribution in [2.24, 2.45) is 5.73 Å². The van der Waals surface area contributed by atoms with E-state index >= 15 is 0 Å². The molecular formula is C17H24ClN3. The van der Waals surface area contributed by atoms with Crippen LogP contribution in [0.2, 0.25) is 0 Å². The van der Waals surface area contributed by atoms with Gasteiger partial charge in [0, 0.05) is 31.2 Å². The molecule has 2 N–H and O–H groups in total. The third-order valence-electron chi connectivity index (χ3n) is 4.11. The van der Waals surface area contributed by atoms with Crippen LogP contribution in [-0.2, 0) is 13.0 Å². The van der Waals surface area contributed by atoms with Gasteiger partial charge in [-0.2, -0.15) is 0 Å².